The van der Waals surface area contributed by atoms with Crippen LogP contribution in [-0.4, -0.2) is 11.8 Å². The summed E-state index contributed by atoms with van der Waals surface area (Å²) in [7, 11) is 0. The maximum absolute atomic E-state index is 11.6. The molecule has 3 nitrogen and oxygen atoms in total. The van der Waals surface area contributed by atoms with E-state index >= 15 is 0 Å². The monoisotopic (exact) mass is 301 g/mol. The van der Waals surface area contributed by atoms with Crippen molar-refractivity contribution in [3.05, 3.63) is 90.0 Å². The van der Waals surface area contributed by atoms with Crippen molar-refractivity contribution in [1.82, 2.24) is 5.32 Å². The smallest absolute Gasteiger partial charge is 0.258 e. The minimum absolute atomic E-state index is 0.315. The Labute approximate surface area is 134 Å². The molecule has 1 N–H and O–H groups in total. The van der Waals surface area contributed by atoms with Gasteiger partial charge in [-0.15, -0.1) is 0 Å². The number of imide groups is 1. The normalized spacial score (nSPS) is 12.2. The summed E-state index contributed by atoms with van der Waals surface area (Å²) in [6.45, 7) is 3.63. The molecule has 0 aliphatic carbocycles. The third-order valence-electron chi connectivity index (χ3n) is 3.66. The molecule has 2 amide bonds. The molecule has 1 aliphatic heterocycles. The van der Waals surface area contributed by atoms with Gasteiger partial charge in [0.05, 0.1) is 0 Å². The minimum Gasteiger partial charge on any atom is -0.288 e. The molecule has 0 unspecified atom stereocenters. The van der Waals surface area contributed by atoms with Crippen LogP contribution in [0.15, 0.2) is 73.3 Å². The van der Waals surface area contributed by atoms with Gasteiger partial charge in [-0.3, -0.25) is 14.9 Å². The maximum atomic E-state index is 11.6. The second kappa shape index (κ2) is 6.28. The lowest BCUT2D eigenvalue weighted by molar-refractivity contribution is 0.0845. The van der Waals surface area contributed by atoms with Crippen molar-refractivity contribution in [2.45, 2.75) is 0 Å². The predicted molar refractivity (Wildman–Crippen MR) is 92.3 cm³/mol. The number of benzene rings is 3. The Balaban J connectivity index is 0.000000166. The van der Waals surface area contributed by atoms with Gasteiger partial charge in [0.1, 0.15) is 0 Å². The molecule has 0 saturated heterocycles. The highest BCUT2D eigenvalue weighted by Crippen LogP contribution is 2.25. The first-order valence-corrected chi connectivity index (χ1v) is 7.25. The van der Waals surface area contributed by atoms with Gasteiger partial charge in [0, 0.05) is 16.5 Å². The number of amides is 2. The van der Waals surface area contributed by atoms with Gasteiger partial charge in [-0.1, -0.05) is 67.3 Å². The van der Waals surface area contributed by atoms with E-state index in [-0.39, 0.29) is 11.8 Å². The fraction of sp³-hybridized carbons (Fsp3) is 0. The Kier molecular flexibility index (Phi) is 4.02. The Hall–Kier alpha value is -3.20. The summed E-state index contributed by atoms with van der Waals surface area (Å²) in [5.41, 5.74) is 2.32. The SMILES string of the molecule is C=Cc1ccccc1.O=C1NC(=O)c2cccc3cccc1c23. The molecule has 0 atom stereocenters. The summed E-state index contributed by atoms with van der Waals surface area (Å²) in [5, 5.41) is 4.00. The van der Waals surface area contributed by atoms with Gasteiger partial charge in [-0.05, 0) is 23.1 Å². The van der Waals surface area contributed by atoms with Crippen molar-refractivity contribution >= 4 is 28.7 Å². The number of carbonyl (C=O) groups is 2. The van der Waals surface area contributed by atoms with Gasteiger partial charge in [-0.2, -0.15) is 0 Å². The molecule has 0 aromatic heterocycles. The first kappa shape index (κ1) is 14.7. The quantitative estimate of drug-likeness (QED) is 0.689. The molecule has 3 heteroatoms. The lowest BCUT2D eigenvalue weighted by Crippen LogP contribution is -2.34. The topological polar surface area (TPSA) is 46.2 Å². The third-order valence-corrected chi connectivity index (χ3v) is 3.66. The predicted octanol–water partition coefficient (Wildman–Crippen LogP) is 4.05. The average molecular weight is 301 g/mol. The van der Waals surface area contributed by atoms with E-state index in [2.05, 4.69) is 11.9 Å². The molecule has 3 aromatic rings. The molecule has 23 heavy (non-hydrogen) atoms. The van der Waals surface area contributed by atoms with E-state index in [1.54, 1.807) is 12.1 Å². The summed E-state index contributed by atoms with van der Waals surface area (Å²) >= 11 is 0. The number of hydrogen-bond acceptors (Lipinski definition) is 2. The molecule has 0 fully saturated rings. The summed E-state index contributed by atoms with van der Waals surface area (Å²) in [4.78, 5) is 23.1. The van der Waals surface area contributed by atoms with Crippen LogP contribution in [0.5, 0.6) is 0 Å². The van der Waals surface area contributed by atoms with Crippen LogP contribution in [0.2, 0.25) is 0 Å². The van der Waals surface area contributed by atoms with Crippen molar-refractivity contribution in [1.29, 1.82) is 0 Å². The van der Waals surface area contributed by atoms with Crippen molar-refractivity contribution in [2.75, 3.05) is 0 Å². The fourth-order valence-corrected chi connectivity index (χ4v) is 2.55. The van der Waals surface area contributed by atoms with Crippen molar-refractivity contribution in [3.8, 4) is 0 Å². The summed E-state index contributed by atoms with van der Waals surface area (Å²) in [6, 6.07) is 20.9. The number of rotatable bonds is 1. The van der Waals surface area contributed by atoms with E-state index in [1.165, 1.54) is 5.56 Å². The van der Waals surface area contributed by atoms with Crippen molar-refractivity contribution in [3.63, 3.8) is 0 Å². The van der Waals surface area contributed by atoms with Crippen LogP contribution in [0.3, 0.4) is 0 Å². The largest absolute Gasteiger partial charge is 0.288 e. The summed E-state index contributed by atoms with van der Waals surface area (Å²) < 4.78 is 0. The zero-order valence-corrected chi connectivity index (χ0v) is 12.5. The van der Waals surface area contributed by atoms with Gasteiger partial charge in [0.25, 0.3) is 11.8 Å². The Morgan fingerprint density at radius 2 is 1.30 bits per heavy atom. The molecule has 0 radical (unpaired) electrons. The lowest BCUT2D eigenvalue weighted by atomic mass is 9.95. The zero-order valence-electron chi connectivity index (χ0n) is 12.5. The number of nitrogens with one attached hydrogen (secondary N) is 1. The molecule has 1 heterocycles. The molecule has 112 valence electrons. The molecule has 0 spiro atoms. The highest BCUT2D eigenvalue weighted by molar-refractivity contribution is 6.25. The molecular formula is C20H15NO2. The third kappa shape index (κ3) is 2.90. The van der Waals surface area contributed by atoms with Crippen molar-refractivity contribution < 1.29 is 9.59 Å². The van der Waals surface area contributed by atoms with Crippen LogP contribution in [0.25, 0.3) is 16.8 Å². The van der Waals surface area contributed by atoms with Crippen LogP contribution >= 0.6 is 0 Å². The van der Waals surface area contributed by atoms with Crippen LogP contribution in [-0.2, 0) is 0 Å². The van der Waals surface area contributed by atoms with Crippen LogP contribution in [0.4, 0.5) is 0 Å². The molecular weight excluding hydrogens is 286 g/mol. The zero-order chi connectivity index (χ0) is 16.2. The summed E-state index contributed by atoms with van der Waals surface area (Å²) in [6.07, 6.45) is 1.83. The van der Waals surface area contributed by atoms with E-state index < -0.39 is 0 Å². The highest BCUT2D eigenvalue weighted by Gasteiger charge is 2.23. The van der Waals surface area contributed by atoms with E-state index in [1.807, 2.05) is 60.7 Å². The van der Waals surface area contributed by atoms with E-state index in [0.717, 1.165) is 10.8 Å². The van der Waals surface area contributed by atoms with Crippen LogP contribution < -0.4 is 5.32 Å². The molecule has 1 aliphatic rings. The van der Waals surface area contributed by atoms with E-state index in [0.29, 0.717) is 11.1 Å². The molecule has 4 rings (SSSR count). The molecule has 0 bridgehead atoms. The first-order valence-electron chi connectivity index (χ1n) is 7.25. The Morgan fingerprint density at radius 1 is 0.739 bits per heavy atom. The number of carbonyl (C=O) groups excluding carboxylic acids is 2. The maximum Gasteiger partial charge on any atom is 0.258 e. The highest BCUT2D eigenvalue weighted by atomic mass is 16.2. The van der Waals surface area contributed by atoms with Crippen LogP contribution in [0, 0.1) is 0 Å². The van der Waals surface area contributed by atoms with Crippen molar-refractivity contribution in [2.24, 2.45) is 0 Å². The van der Waals surface area contributed by atoms with Gasteiger partial charge in [0.2, 0.25) is 0 Å². The lowest BCUT2D eigenvalue weighted by Gasteiger charge is -2.15. The first-order chi connectivity index (χ1) is 11.2. The van der Waals surface area contributed by atoms with Crippen LogP contribution in [0.1, 0.15) is 26.3 Å². The Bertz CT molecular complexity index is 849. The van der Waals surface area contributed by atoms with Gasteiger partial charge >= 0.3 is 0 Å². The van der Waals surface area contributed by atoms with Gasteiger partial charge in [0.15, 0.2) is 0 Å². The van der Waals surface area contributed by atoms with E-state index in [4.69, 9.17) is 0 Å². The van der Waals surface area contributed by atoms with Gasteiger partial charge in [-0.25, -0.2) is 0 Å². The molecule has 0 saturated carbocycles. The second-order valence-corrected chi connectivity index (χ2v) is 5.11. The number of hydrogen-bond donors (Lipinski definition) is 1. The summed E-state index contributed by atoms with van der Waals surface area (Å²) in [5.74, 6) is -0.631. The minimum atomic E-state index is -0.315. The standard InChI is InChI=1S/C12H7NO2.C8H8/c14-11-8-5-1-3-7-4-2-6-9(10(7)8)12(15)13-11;1-2-8-6-4-3-5-7-8/h1-6H,(H,13,14,15);2-7H,1H2. The second-order valence-electron chi connectivity index (χ2n) is 5.11. The van der Waals surface area contributed by atoms with E-state index in [9.17, 15) is 9.59 Å². The average Bonchev–Trinajstić information content (AvgIpc) is 2.61. The fourth-order valence-electron chi connectivity index (χ4n) is 2.55. The van der Waals surface area contributed by atoms with Gasteiger partial charge < -0.3 is 0 Å². The molecule has 3 aromatic carbocycles. The Morgan fingerprint density at radius 3 is 1.78 bits per heavy atom.